The quantitative estimate of drug-likeness (QED) is 0.779. The lowest BCUT2D eigenvalue weighted by molar-refractivity contribution is -0.132. The third-order valence-electron chi connectivity index (χ3n) is 5.96. The van der Waals surface area contributed by atoms with Gasteiger partial charge in [0.2, 0.25) is 11.8 Å². The Morgan fingerprint density at radius 3 is 2.44 bits per heavy atom. The van der Waals surface area contributed by atoms with Crippen molar-refractivity contribution in [1.29, 1.82) is 0 Å². The maximum atomic E-state index is 12.5. The molecule has 1 heterocycles. The van der Waals surface area contributed by atoms with Crippen molar-refractivity contribution < 1.29 is 9.59 Å². The largest absolute Gasteiger partial charge is 0.353 e. The Morgan fingerprint density at radius 2 is 1.78 bits per heavy atom. The fourth-order valence-electron chi connectivity index (χ4n) is 4.30. The first-order chi connectivity index (χ1) is 12.7. The van der Waals surface area contributed by atoms with E-state index in [1.807, 2.05) is 23.1 Å². The fraction of sp³-hybridized carbons (Fsp3) is 0.619. The van der Waals surface area contributed by atoms with Gasteiger partial charge in [-0.3, -0.25) is 9.59 Å². The molecular weight excluding hydrogens is 362 g/mol. The van der Waals surface area contributed by atoms with Gasteiger partial charge in [-0.1, -0.05) is 36.8 Å². The molecule has 27 heavy (non-hydrogen) atoms. The second-order valence-corrected chi connectivity index (χ2v) is 7.68. The molecule has 2 amide bonds. The van der Waals surface area contributed by atoms with Crippen LogP contribution >= 0.6 is 12.4 Å². The van der Waals surface area contributed by atoms with Crippen LogP contribution in [0.4, 0.5) is 0 Å². The summed E-state index contributed by atoms with van der Waals surface area (Å²) in [4.78, 5) is 26.9. The molecule has 1 aliphatic carbocycles. The summed E-state index contributed by atoms with van der Waals surface area (Å²) in [6, 6.07) is 10.3. The summed E-state index contributed by atoms with van der Waals surface area (Å²) in [5.41, 5.74) is 7.00. The molecule has 0 aromatic heterocycles. The molecule has 0 bridgehead atoms. The van der Waals surface area contributed by atoms with E-state index in [9.17, 15) is 9.59 Å². The van der Waals surface area contributed by atoms with Gasteiger partial charge in [-0.2, -0.15) is 0 Å². The highest BCUT2D eigenvalue weighted by Crippen LogP contribution is 2.31. The number of aryl methyl sites for hydroxylation is 1. The Hall–Kier alpha value is -1.59. The van der Waals surface area contributed by atoms with E-state index in [2.05, 4.69) is 17.4 Å². The first-order valence-corrected chi connectivity index (χ1v) is 9.99. The van der Waals surface area contributed by atoms with E-state index >= 15 is 0 Å². The number of nitrogens with zero attached hydrogens (tertiary/aromatic N) is 1. The van der Waals surface area contributed by atoms with Crippen LogP contribution < -0.4 is 11.1 Å². The molecule has 0 unspecified atom stereocenters. The standard InChI is InChI=1S/C21H31N3O2.ClH/c22-15-17-7-4-8-19(17)21(26)23-18-11-13-24(14-12-18)20(25)10-9-16-5-2-1-3-6-16;/h1-3,5-6,17-19H,4,7-15,22H2,(H,23,26);1H/t17-,19-;/m1./s1. The van der Waals surface area contributed by atoms with Crippen molar-refractivity contribution in [3.8, 4) is 0 Å². The van der Waals surface area contributed by atoms with Crippen LogP contribution in [0.2, 0.25) is 0 Å². The van der Waals surface area contributed by atoms with E-state index in [4.69, 9.17) is 5.73 Å². The SMILES string of the molecule is Cl.NC[C@H]1CCC[C@H]1C(=O)NC1CCN(C(=O)CCc2ccccc2)CC1. The molecule has 2 fully saturated rings. The number of nitrogens with two attached hydrogens (primary N) is 1. The summed E-state index contributed by atoms with van der Waals surface area (Å²) in [7, 11) is 0. The molecule has 1 saturated heterocycles. The fourth-order valence-corrected chi connectivity index (χ4v) is 4.30. The molecule has 3 rings (SSSR count). The minimum atomic E-state index is 0. The highest BCUT2D eigenvalue weighted by molar-refractivity contribution is 5.85. The lowest BCUT2D eigenvalue weighted by Gasteiger charge is -2.33. The van der Waals surface area contributed by atoms with Crippen molar-refractivity contribution >= 4 is 24.2 Å². The average molecular weight is 394 g/mol. The molecule has 3 N–H and O–H groups in total. The number of hydrogen-bond acceptors (Lipinski definition) is 3. The number of amides is 2. The van der Waals surface area contributed by atoms with Crippen LogP contribution in [0.25, 0.3) is 0 Å². The highest BCUT2D eigenvalue weighted by atomic mass is 35.5. The number of likely N-dealkylation sites (tertiary alicyclic amines) is 1. The van der Waals surface area contributed by atoms with Gasteiger partial charge < -0.3 is 16.0 Å². The lowest BCUT2D eigenvalue weighted by atomic mass is 9.94. The minimum absolute atomic E-state index is 0. The van der Waals surface area contributed by atoms with Gasteiger partial charge in [-0.05, 0) is 50.1 Å². The first-order valence-electron chi connectivity index (χ1n) is 9.99. The van der Waals surface area contributed by atoms with Crippen molar-refractivity contribution in [2.75, 3.05) is 19.6 Å². The Morgan fingerprint density at radius 1 is 1.07 bits per heavy atom. The molecule has 1 aromatic rings. The van der Waals surface area contributed by atoms with Gasteiger partial charge in [-0.15, -0.1) is 12.4 Å². The van der Waals surface area contributed by atoms with E-state index < -0.39 is 0 Å². The first kappa shape index (κ1) is 21.7. The van der Waals surface area contributed by atoms with Gasteiger partial charge in [-0.25, -0.2) is 0 Å². The number of nitrogens with one attached hydrogen (secondary N) is 1. The smallest absolute Gasteiger partial charge is 0.223 e. The summed E-state index contributed by atoms with van der Waals surface area (Å²) in [6.45, 7) is 2.08. The zero-order valence-corrected chi connectivity index (χ0v) is 16.8. The maximum absolute atomic E-state index is 12.5. The summed E-state index contributed by atoms with van der Waals surface area (Å²) < 4.78 is 0. The summed E-state index contributed by atoms with van der Waals surface area (Å²) >= 11 is 0. The zero-order chi connectivity index (χ0) is 18.4. The molecule has 1 aliphatic heterocycles. The molecule has 1 aromatic carbocycles. The van der Waals surface area contributed by atoms with Crippen LogP contribution in [0.5, 0.6) is 0 Å². The molecule has 5 nitrogen and oxygen atoms in total. The van der Waals surface area contributed by atoms with Crippen molar-refractivity contribution in [1.82, 2.24) is 10.2 Å². The van der Waals surface area contributed by atoms with Crippen LogP contribution in [0, 0.1) is 11.8 Å². The Balaban J connectivity index is 0.00000261. The van der Waals surface area contributed by atoms with Crippen LogP contribution in [-0.2, 0) is 16.0 Å². The molecule has 2 atom stereocenters. The van der Waals surface area contributed by atoms with Gasteiger partial charge in [0.1, 0.15) is 0 Å². The molecule has 1 saturated carbocycles. The Labute approximate surface area is 168 Å². The average Bonchev–Trinajstić information content (AvgIpc) is 3.16. The summed E-state index contributed by atoms with van der Waals surface area (Å²) in [6.07, 6.45) is 6.19. The van der Waals surface area contributed by atoms with E-state index in [0.717, 1.165) is 51.6 Å². The molecule has 6 heteroatoms. The highest BCUT2D eigenvalue weighted by Gasteiger charge is 2.33. The monoisotopic (exact) mass is 393 g/mol. The summed E-state index contributed by atoms with van der Waals surface area (Å²) in [5, 5.41) is 3.21. The number of carbonyl (C=O) groups is 2. The van der Waals surface area contributed by atoms with E-state index in [-0.39, 0.29) is 36.2 Å². The number of carbonyl (C=O) groups excluding carboxylic acids is 2. The van der Waals surface area contributed by atoms with Crippen LogP contribution in [0.15, 0.2) is 30.3 Å². The Bertz CT molecular complexity index is 603. The number of hydrogen-bond donors (Lipinski definition) is 2. The normalized spacial score (nSPS) is 22.9. The number of benzene rings is 1. The Kier molecular flexibility index (Phi) is 8.58. The number of halogens is 1. The molecular formula is C21H32ClN3O2. The maximum Gasteiger partial charge on any atom is 0.223 e. The second kappa shape index (κ2) is 10.7. The van der Waals surface area contributed by atoms with Gasteiger partial charge in [0, 0.05) is 31.5 Å². The van der Waals surface area contributed by atoms with Crippen LogP contribution in [-0.4, -0.2) is 42.4 Å². The molecule has 0 radical (unpaired) electrons. The predicted octanol–water partition coefficient (Wildman–Crippen LogP) is 2.52. The lowest BCUT2D eigenvalue weighted by Crippen LogP contribution is -2.48. The van der Waals surface area contributed by atoms with E-state index in [1.165, 1.54) is 5.56 Å². The van der Waals surface area contributed by atoms with Crippen molar-refractivity contribution in [3.63, 3.8) is 0 Å². The van der Waals surface area contributed by atoms with Crippen molar-refractivity contribution in [2.24, 2.45) is 17.6 Å². The van der Waals surface area contributed by atoms with Crippen LogP contribution in [0.3, 0.4) is 0 Å². The predicted molar refractivity (Wildman–Crippen MR) is 110 cm³/mol. The van der Waals surface area contributed by atoms with Crippen LogP contribution in [0.1, 0.15) is 44.1 Å². The van der Waals surface area contributed by atoms with Gasteiger partial charge in [0.15, 0.2) is 0 Å². The van der Waals surface area contributed by atoms with Crippen molar-refractivity contribution in [3.05, 3.63) is 35.9 Å². The molecule has 150 valence electrons. The van der Waals surface area contributed by atoms with Crippen molar-refractivity contribution in [2.45, 2.75) is 51.0 Å². The number of rotatable bonds is 6. The number of piperidine rings is 1. The minimum Gasteiger partial charge on any atom is -0.353 e. The van der Waals surface area contributed by atoms with Gasteiger partial charge >= 0.3 is 0 Å². The topological polar surface area (TPSA) is 75.4 Å². The van der Waals surface area contributed by atoms with E-state index in [0.29, 0.717) is 18.9 Å². The third kappa shape index (κ3) is 5.94. The summed E-state index contributed by atoms with van der Waals surface area (Å²) in [5.74, 6) is 0.824. The third-order valence-corrected chi connectivity index (χ3v) is 5.96. The zero-order valence-electron chi connectivity index (χ0n) is 15.9. The molecule has 2 aliphatic rings. The van der Waals surface area contributed by atoms with Gasteiger partial charge in [0.05, 0.1) is 0 Å². The van der Waals surface area contributed by atoms with Gasteiger partial charge in [0.25, 0.3) is 0 Å². The molecule has 0 spiro atoms. The second-order valence-electron chi connectivity index (χ2n) is 7.68. The van der Waals surface area contributed by atoms with E-state index in [1.54, 1.807) is 0 Å².